The number of nitrogens with zero attached hydrogens (tertiary/aromatic N) is 1. The Kier molecular flexibility index (Phi) is 30.8. The van der Waals surface area contributed by atoms with Crippen molar-refractivity contribution in [2.45, 2.75) is 119 Å². The van der Waals surface area contributed by atoms with Gasteiger partial charge in [-0.25, -0.2) is 0 Å². The van der Waals surface area contributed by atoms with Crippen molar-refractivity contribution in [3.63, 3.8) is 0 Å². The molecular formula is C47H74N2. The molecule has 0 bridgehead atoms. The third-order valence-electron chi connectivity index (χ3n) is 8.17. The summed E-state index contributed by atoms with van der Waals surface area (Å²) in [6.45, 7) is 28.9. The van der Waals surface area contributed by atoms with Gasteiger partial charge >= 0.3 is 0 Å². The van der Waals surface area contributed by atoms with Crippen molar-refractivity contribution >= 4 is 5.70 Å². The summed E-state index contributed by atoms with van der Waals surface area (Å²) < 4.78 is 0. The number of rotatable bonds is 19. The molecular weight excluding hydrogens is 593 g/mol. The van der Waals surface area contributed by atoms with E-state index in [4.69, 9.17) is 0 Å². The summed E-state index contributed by atoms with van der Waals surface area (Å²) in [7, 11) is 3.75. The summed E-state index contributed by atoms with van der Waals surface area (Å²) in [4.78, 5) is 2.47. The van der Waals surface area contributed by atoms with Crippen molar-refractivity contribution in [3.05, 3.63) is 126 Å². The number of allylic oxidation sites excluding steroid dienone is 11. The molecule has 1 aliphatic carbocycles. The van der Waals surface area contributed by atoms with Gasteiger partial charge in [0, 0.05) is 23.9 Å². The average molecular weight is 667 g/mol. The van der Waals surface area contributed by atoms with Crippen LogP contribution in [0.3, 0.4) is 0 Å². The van der Waals surface area contributed by atoms with Gasteiger partial charge < -0.3 is 10.2 Å². The summed E-state index contributed by atoms with van der Waals surface area (Å²) in [5, 5.41) is 2.75. The predicted octanol–water partition coefficient (Wildman–Crippen LogP) is 13.4. The smallest absolute Gasteiger partial charge is 0.0411 e. The van der Waals surface area contributed by atoms with Crippen molar-refractivity contribution in [1.29, 1.82) is 0 Å². The number of aryl methyl sites for hydroxylation is 2. The molecule has 0 fully saturated rings. The molecule has 1 aliphatic rings. The fraction of sp³-hybridized carbons (Fsp3) is 0.489. The first kappa shape index (κ1) is 47.6. The van der Waals surface area contributed by atoms with Gasteiger partial charge in [-0.3, -0.25) is 0 Å². The monoisotopic (exact) mass is 667 g/mol. The minimum atomic E-state index is 0.387. The number of terminal acetylenes is 1. The van der Waals surface area contributed by atoms with E-state index in [9.17, 15) is 0 Å². The van der Waals surface area contributed by atoms with Crippen LogP contribution in [0.15, 0.2) is 109 Å². The second-order valence-corrected chi connectivity index (χ2v) is 12.9. The molecule has 1 N–H and O–H groups in total. The first-order valence-electron chi connectivity index (χ1n) is 18.8. The van der Waals surface area contributed by atoms with Gasteiger partial charge in [0.1, 0.15) is 0 Å². The number of hydrogen-bond donors (Lipinski definition) is 1. The fourth-order valence-corrected chi connectivity index (χ4v) is 5.23. The Balaban J connectivity index is 0. The van der Waals surface area contributed by atoms with Crippen LogP contribution in [0.25, 0.3) is 5.70 Å². The highest BCUT2D eigenvalue weighted by molar-refractivity contribution is 5.65. The maximum absolute atomic E-state index is 4.63. The van der Waals surface area contributed by atoms with Gasteiger partial charge in [0.15, 0.2) is 0 Å². The van der Waals surface area contributed by atoms with E-state index < -0.39 is 0 Å². The van der Waals surface area contributed by atoms with Gasteiger partial charge in [-0.1, -0.05) is 146 Å². The number of nitrogens with one attached hydrogen (secondary N) is 1. The van der Waals surface area contributed by atoms with Crippen LogP contribution in [0.2, 0.25) is 0 Å². The Morgan fingerprint density at radius 3 is 2.18 bits per heavy atom. The Labute approximate surface area is 305 Å². The van der Waals surface area contributed by atoms with Crippen LogP contribution in [0.5, 0.6) is 0 Å². The first-order chi connectivity index (χ1) is 23.6. The maximum Gasteiger partial charge on any atom is 0.0411 e. The molecule has 272 valence electrons. The summed E-state index contributed by atoms with van der Waals surface area (Å²) in [5.74, 6) is 0.793. The van der Waals surface area contributed by atoms with Crippen molar-refractivity contribution in [1.82, 2.24) is 10.2 Å². The van der Waals surface area contributed by atoms with E-state index in [0.29, 0.717) is 11.8 Å². The highest BCUT2D eigenvalue weighted by atomic mass is 15.1. The van der Waals surface area contributed by atoms with E-state index in [1.54, 1.807) is 0 Å². The van der Waals surface area contributed by atoms with E-state index in [2.05, 4.69) is 152 Å². The van der Waals surface area contributed by atoms with E-state index >= 15 is 0 Å². The minimum Gasteiger partial charge on any atom is -0.342 e. The summed E-state index contributed by atoms with van der Waals surface area (Å²) >= 11 is 0. The Morgan fingerprint density at radius 2 is 1.65 bits per heavy atom. The first-order valence-corrected chi connectivity index (χ1v) is 18.8. The third kappa shape index (κ3) is 21.9. The second kappa shape index (κ2) is 31.7. The maximum atomic E-state index is 4.63. The largest absolute Gasteiger partial charge is 0.342 e. The lowest BCUT2D eigenvalue weighted by molar-refractivity contribution is 0.462. The molecule has 49 heavy (non-hydrogen) atoms. The van der Waals surface area contributed by atoms with Crippen molar-refractivity contribution in [3.8, 4) is 12.8 Å². The fourth-order valence-electron chi connectivity index (χ4n) is 5.23. The summed E-state index contributed by atoms with van der Waals surface area (Å²) in [5.41, 5.74) is 9.14. The molecule has 0 radical (unpaired) electrons. The molecule has 0 spiro atoms. The van der Waals surface area contributed by atoms with Gasteiger partial charge in [-0.15, -0.1) is 19.4 Å². The van der Waals surface area contributed by atoms with Crippen molar-refractivity contribution < 1.29 is 0 Å². The zero-order valence-corrected chi connectivity index (χ0v) is 33.3. The van der Waals surface area contributed by atoms with Gasteiger partial charge in [0.2, 0.25) is 0 Å². The Bertz CT molecular complexity index is 1210. The molecule has 2 nitrogen and oxygen atoms in total. The van der Waals surface area contributed by atoms with Gasteiger partial charge in [-0.2, -0.15) is 0 Å². The Morgan fingerprint density at radius 1 is 1.00 bits per heavy atom. The van der Waals surface area contributed by atoms with E-state index in [1.165, 1.54) is 65.6 Å². The van der Waals surface area contributed by atoms with Crippen LogP contribution in [0.4, 0.5) is 0 Å². The third-order valence-corrected chi connectivity index (χ3v) is 8.17. The van der Waals surface area contributed by atoms with Crippen LogP contribution >= 0.6 is 0 Å². The zero-order chi connectivity index (χ0) is 37.5. The van der Waals surface area contributed by atoms with Crippen LogP contribution in [-0.2, 0) is 6.42 Å². The molecule has 1 aromatic rings. The highest BCUT2D eigenvalue weighted by Gasteiger charge is 2.19. The molecule has 0 amide bonds. The predicted molar refractivity (Wildman–Crippen MR) is 226 cm³/mol. The molecule has 0 saturated heterocycles. The van der Waals surface area contributed by atoms with Gasteiger partial charge in [0.25, 0.3) is 0 Å². The summed E-state index contributed by atoms with van der Waals surface area (Å²) in [6, 6.07) is 6.88. The van der Waals surface area contributed by atoms with Gasteiger partial charge in [0.05, 0.1) is 0 Å². The number of benzene rings is 1. The van der Waals surface area contributed by atoms with E-state index in [1.807, 2.05) is 26.2 Å². The van der Waals surface area contributed by atoms with Crippen LogP contribution in [0.1, 0.15) is 122 Å². The Hall–Kier alpha value is -3.54. The van der Waals surface area contributed by atoms with E-state index in [-0.39, 0.29) is 0 Å². The lowest BCUT2D eigenvalue weighted by atomic mass is 9.89. The molecule has 0 aliphatic heterocycles. The lowest BCUT2D eigenvalue weighted by Gasteiger charge is -2.31. The molecule has 2 atom stereocenters. The highest BCUT2D eigenvalue weighted by Crippen LogP contribution is 2.31. The molecule has 1 aromatic carbocycles. The standard InChI is InChI=1S/C39H55N.C4H10.C2H7N.C2H2/c1-9-12-20-32(6)21-23-35(17-10-2)36-25-27-39(28-26-36)40(29-16-14-13-15-19-31(4)5)34(8)38-24-22-33(7)37(30-38)18-11-3;1-3-4-2;1-3-2;1-2/h9,12,17,20-25,27-28,30,32,36H,1,4,8,10-11,13-16,18-19,26,29H2,2-3,5-7H3;3-4H2,1-2H3;3H,1-2H3;1-2H/b20-12-,23-21-,35-17+;;;. The molecule has 2 rings (SSSR count). The van der Waals surface area contributed by atoms with Gasteiger partial charge in [-0.05, 0) is 107 Å². The molecule has 0 aromatic heterocycles. The summed E-state index contributed by atoms with van der Waals surface area (Å²) in [6.07, 6.45) is 41.2. The number of unbranched alkanes of at least 4 members (excludes halogenated alkanes) is 4. The van der Waals surface area contributed by atoms with Crippen LogP contribution in [0, 0.1) is 31.6 Å². The van der Waals surface area contributed by atoms with Crippen LogP contribution < -0.4 is 5.32 Å². The molecule has 0 saturated carbocycles. The lowest BCUT2D eigenvalue weighted by Crippen LogP contribution is -2.23. The van der Waals surface area contributed by atoms with E-state index in [0.717, 1.165) is 50.8 Å². The zero-order valence-electron chi connectivity index (χ0n) is 33.3. The second-order valence-electron chi connectivity index (χ2n) is 12.9. The molecule has 0 heterocycles. The SMILES string of the molecule is C#C.C=C/C=C\C(C)/C=C\C(=C/CC)C1C=CC(N(CCCCCCC(=C)C)C(=C)c2ccc(C)c(CCC)c2)=CC1.CCCC.CNC. The quantitative estimate of drug-likeness (QED) is 0.0684. The molecule has 2 unspecified atom stereocenters. The van der Waals surface area contributed by atoms with Crippen molar-refractivity contribution in [2.24, 2.45) is 11.8 Å². The topological polar surface area (TPSA) is 15.3 Å². The average Bonchev–Trinajstić information content (AvgIpc) is 3.11. The number of hydrogen-bond acceptors (Lipinski definition) is 2. The van der Waals surface area contributed by atoms with Crippen molar-refractivity contribution in [2.75, 3.05) is 20.6 Å². The normalized spacial score (nSPS) is 14.4. The minimum absolute atomic E-state index is 0.387. The van der Waals surface area contributed by atoms with Crippen LogP contribution in [-0.4, -0.2) is 25.5 Å². The molecule has 2 heteroatoms.